The largest absolute Gasteiger partial charge is 0.333 e. The van der Waals surface area contributed by atoms with Gasteiger partial charge in [0.15, 0.2) is 11.6 Å². The number of rotatable bonds is 5. The number of halogens is 2. The van der Waals surface area contributed by atoms with Gasteiger partial charge in [0.1, 0.15) is 0 Å². The van der Waals surface area contributed by atoms with E-state index in [0.717, 1.165) is 12.1 Å². The molecule has 1 saturated heterocycles. The van der Waals surface area contributed by atoms with Crippen LogP contribution < -0.4 is 16.0 Å². The van der Waals surface area contributed by atoms with Crippen molar-refractivity contribution in [1.29, 1.82) is 0 Å². The number of carbonyl (C=O) groups is 2. The summed E-state index contributed by atoms with van der Waals surface area (Å²) in [5.74, 6) is -2.17. The van der Waals surface area contributed by atoms with Gasteiger partial charge in [-0.05, 0) is 43.3 Å². The topological polar surface area (TPSA) is 73.5 Å². The van der Waals surface area contributed by atoms with Crippen LogP contribution in [0.25, 0.3) is 0 Å². The molecule has 3 N–H and O–H groups in total. The molecule has 1 aliphatic heterocycles. The quantitative estimate of drug-likeness (QED) is 0.737. The summed E-state index contributed by atoms with van der Waals surface area (Å²) in [6.07, 6.45) is 0.657. The Morgan fingerprint density at radius 1 is 1.11 bits per heavy atom. The van der Waals surface area contributed by atoms with Crippen molar-refractivity contribution < 1.29 is 18.4 Å². The molecule has 2 aromatic rings. The summed E-state index contributed by atoms with van der Waals surface area (Å²) in [4.78, 5) is 26.1. The Labute approximate surface area is 161 Å². The highest BCUT2D eigenvalue weighted by Gasteiger charge is 2.34. The summed E-state index contributed by atoms with van der Waals surface area (Å²) in [5, 5.41) is 8.02. The maximum absolute atomic E-state index is 13.6. The zero-order chi connectivity index (χ0) is 20.1. The molecule has 0 radical (unpaired) electrons. The number of likely N-dealkylation sites (N-methyl/N-ethyl adjacent to an activating group) is 1. The van der Waals surface area contributed by atoms with Crippen LogP contribution in [0.3, 0.4) is 0 Å². The van der Waals surface area contributed by atoms with Crippen molar-refractivity contribution in [3.63, 3.8) is 0 Å². The van der Waals surface area contributed by atoms with Crippen molar-refractivity contribution >= 4 is 17.6 Å². The van der Waals surface area contributed by atoms with Gasteiger partial charge >= 0.3 is 6.03 Å². The molecular formula is C20H22F2N4O2. The second kappa shape index (κ2) is 8.79. The molecule has 2 unspecified atom stereocenters. The summed E-state index contributed by atoms with van der Waals surface area (Å²) < 4.78 is 26.8. The van der Waals surface area contributed by atoms with Crippen molar-refractivity contribution in [2.24, 2.45) is 0 Å². The van der Waals surface area contributed by atoms with Crippen LogP contribution in [0.4, 0.5) is 19.3 Å². The first kappa shape index (κ1) is 19.8. The Kier molecular flexibility index (Phi) is 6.20. The number of para-hydroxylation sites is 1. The van der Waals surface area contributed by atoms with Crippen LogP contribution in [-0.2, 0) is 4.79 Å². The summed E-state index contributed by atoms with van der Waals surface area (Å²) in [6, 6.07) is 11.6. The molecule has 8 heteroatoms. The minimum absolute atomic E-state index is 0.181. The molecule has 1 aliphatic rings. The maximum atomic E-state index is 13.6. The minimum Gasteiger partial charge on any atom is -0.333 e. The Morgan fingerprint density at radius 3 is 2.57 bits per heavy atom. The number of amides is 3. The fourth-order valence-electron chi connectivity index (χ4n) is 3.39. The van der Waals surface area contributed by atoms with Gasteiger partial charge in [-0.2, -0.15) is 0 Å². The molecule has 2 atom stereocenters. The van der Waals surface area contributed by atoms with Gasteiger partial charge in [0.25, 0.3) is 0 Å². The second-order valence-corrected chi connectivity index (χ2v) is 6.74. The maximum Gasteiger partial charge on any atom is 0.315 e. The van der Waals surface area contributed by atoms with E-state index in [1.807, 2.05) is 18.0 Å². The number of hydrogen-bond donors (Lipinski definition) is 3. The van der Waals surface area contributed by atoms with Gasteiger partial charge in [0, 0.05) is 12.2 Å². The SMILES string of the molecule is CN1CCC(NC(=O)NCC(=O)Nc2ccccc2)C1c1ccc(F)c(F)c1. The van der Waals surface area contributed by atoms with Crippen LogP contribution in [0.5, 0.6) is 0 Å². The number of benzene rings is 2. The average Bonchev–Trinajstić information content (AvgIpc) is 3.03. The molecule has 1 fully saturated rings. The molecule has 0 spiro atoms. The molecule has 1 heterocycles. The molecule has 6 nitrogen and oxygen atoms in total. The van der Waals surface area contributed by atoms with Crippen molar-refractivity contribution in [2.45, 2.75) is 18.5 Å². The first-order chi connectivity index (χ1) is 13.4. The lowest BCUT2D eigenvalue weighted by Crippen LogP contribution is -2.46. The lowest BCUT2D eigenvalue weighted by molar-refractivity contribution is -0.115. The zero-order valence-corrected chi connectivity index (χ0v) is 15.4. The number of hydrogen-bond acceptors (Lipinski definition) is 3. The molecular weight excluding hydrogens is 366 g/mol. The molecule has 0 aliphatic carbocycles. The van der Waals surface area contributed by atoms with Gasteiger partial charge in [-0.15, -0.1) is 0 Å². The number of nitrogens with zero attached hydrogens (tertiary/aromatic N) is 1. The molecule has 3 amide bonds. The fraction of sp³-hybridized carbons (Fsp3) is 0.300. The van der Waals surface area contributed by atoms with Crippen LogP contribution in [0.1, 0.15) is 18.0 Å². The van der Waals surface area contributed by atoms with Crippen molar-refractivity contribution in [3.8, 4) is 0 Å². The first-order valence-electron chi connectivity index (χ1n) is 8.98. The van der Waals surface area contributed by atoms with Crippen LogP contribution in [0.15, 0.2) is 48.5 Å². The Bertz CT molecular complexity index is 847. The molecule has 0 bridgehead atoms. The van der Waals surface area contributed by atoms with E-state index < -0.39 is 17.7 Å². The minimum atomic E-state index is -0.918. The zero-order valence-electron chi connectivity index (χ0n) is 15.4. The molecule has 0 saturated carbocycles. The van der Waals surface area contributed by atoms with E-state index in [1.165, 1.54) is 6.07 Å². The number of anilines is 1. The lowest BCUT2D eigenvalue weighted by Gasteiger charge is -2.26. The summed E-state index contributed by atoms with van der Waals surface area (Å²) in [5.41, 5.74) is 1.23. The summed E-state index contributed by atoms with van der Waals surface area (Å²) in [7, 11) is 1.86. The van der Waals surface area contributed by atoms with E-state index in [4.69, 9.17) is 0 Å². The van der Waals surface area contributed by atoms with Crippen LogP contribution in [-0.4, -0.2) is 43.0 Å². The van der Waals surface area contributed by atoms with Gasteiger partial charge < -0.3 is 16.0 Å². The lowest BCUT2D eigenvalue weighted by atomic mass is 10.00. The van der Waals surface area contributed by atoms with Crippen LogP contribution in [0, 0.1) is 11.6 Å². The third-order valence-electron chi connectivity index (χ3n) is 4.72. The Hall–Kier alpha value is -3.00. The highest BCUT2D eigenvalue weighted by Crippen LogP contribution is 2.31. The van der Waals surface area contributed by atoms with Gasteiger partial charge in [-0.25, -0.2) is 13.6 Å². The first-order valence-corrected chi connectivity index (χ1v) is 8.98. The third-order valence-corrected chi connectivity index (χ3v) is 4.72. The molecule has 28 heavy (non-hydrogen) atoms. The number of carbonyl (C=O) groups excluding carboxylic acids is 2. The smallest absolute Gasteiger partial charge is 0.315 e. The van der Waals surface area contributed by atoms with E-state index in [9.17, 15) is 18.4 Å². The Morgan fingerprint density at radius 2 is 1.86 bits per heavy atom. The van der Waals surface area contributed by atoms with E-state index in [-0.39, 0.29) is 24.5 Å². The van der Waals surface area contributed by atoms with Crippen LogP contribution in [0.2, 0.25) is 0 Å². The highest BCUT2D eigenvalue weighted by atomic mass is 19.2. The standard InChI is InChI=1S/C20H22F2N4O2/c1-26-10-9-17(19(26)13-7-8-15(21)16(22)11-13)25-20(28)23-12-18(27)24-14-5-3-2-4-6-14/h2-8,11,17,19H,9-10,12H2,1H3,(H,24,27)(H2,23,25,28). The van der Waals surface area contributed by atoms with Gasteiger partial charge in [-0.1, -0.05) is 24.3 Å². The normalized spacial score (nSPS) is 19.2. The Balaban J connectivity index is 1.55. The number of urea groups is 1. The molecule has 148 valence electrons. The fourth-order valence-corrected chi connectivity index (χ4v) is 3.39. The predicted octanol–water partition coefficient (Wildman–Crippen LogP) is 2.65. The average molecular weight is 388 g/mol. The van der Waals surface area contributed by atoms with E-state index in [1.54, 1.807) is 24.3 Å². The van der Waals surface area contributed by atoms with E-state index >= 15 is 0 Å². The van der Waals surface area contributed by atoms with Gasteiger partial charge in [-0.3, -0.25) is 9.69 Å². The van der Waals surface area contributed by atoms with Crippen molar-refractivity contribution in [2.75, 3.05) is 25.5 Å². The van der Waals surface area contributed by atoms with E-state index in [2.05, 4.69) is 16.0 Å². The molecule has 0 aromatic heterocycles. The summed E-state index contributed by atoms with van der Waals surface area (Å²) >= 11 is 0. The number of nitrogens with one attached hydrogen (secondary N) is 3. The van der Waals surface area contributed by atoms with Crippen molar-refractivity contribution in [3.05, 3.63) is 65.7 Å². The second-order valence-electron chi connectivity index (χ2n) is 6.74. The van der Waals surface area contributed by atoms with Crippen LogP contribution >= 0.6 is 0 Å². The highest BCUT2D eigenvalue weighted by molar-refractivity contribution is 5.94. The molecule has 2 aromatic carbocycles. The van der Waals surface area contributed by atoms with Crippen molar-refractivity contribution in [1.82, 2.24) is 15.5 Å². The predicted molar refractivity (Wildman–Crippen MR) is 102 cm³/mol. The summed E-state index contributed by atoms with van der Waals surface area (Å²) in [6.45, 7) is 0.516. The number of likely N-dealkylation sites (tertiary alicyclic amines) is 1. The van der Waals surface area contributed by atoms with E-state index in [0.29, 0.717) is 24.2 Å². The molecule has 3 rings (SSSR count). The van der Waals surface area contributed by atoms with Gasteiger partial charge in [0.05, 0.1) is 18.6 Å². The van der Waals surface area contributed by atoms with Gasteiger partial charge in [0.2, 0.25) is 5.91 Å². The third kappa shape index (κ3) is 4.83. The monoisotopic (exact) mass is 388 g/mol.